The average molecular weight is 198 g/mol. The lowest BCUT2D eigenvalue weighted by atomic mass is 9.86. The molecule has 0 aromatic heterocycles. The van der Waals surface area contributed by atoms with Crippen LogP contribution in [0, 0.1) is 0 Å². The second kappa shape index (κ2) is 3.29. The van der Waals surface area contributed by atoms with Crippen LogP contribution in [0.25, 0.3) is 0 Å². The number of halogens is 1. The quantitative estimate of drug-likeness (QED) is 0.665. The molecule has 2 nitrogen and oxygen atoms in total. The van der Waals surface area contributed by atoms with Gasteiger partial charge < -0.3 is 10.8 Å². The van der Waals surface area contributed by atoms with E-state index in [9.17, 15) is 5.11 Å². The molecule has 0 spiro atoms. The van der Waals surface area contributed by atoms with E-state index in [1.165, 1.54) is 5.56 Å². The molecule has 0 heterocycles. The molecule has 1 aromatic rings. The molecule has 0 aliphatic heterocycles. The number of fused-ring (bicyclic) bond motifs is 1. The monoisotopic (exact) mass is 197 g/mol. The highest BCUT2D eigenvalue weighted by molar-refractivity contribution is 6.30. The van der Waals surface area contributed by atoms with Gasteiger partial charge in [0.15, 0.2) is 0 Å². The number of aliphatic hydroxyl groups is 1. The van der Waals surface area contributed by atoms with Crippen LogP contribution in [0.2, 0.25) is 5.02 Å². The predicted molar refractivity (Wildman–Crippen MR) is 52.7 cm³/mol. The maximum atomic E-state index is 9.55. The number of aliphatic hydroxyl groups excluding tert-OH is 1. The van der Waals surface area contributed by atoms with Gasteiger partial charge in [-0.05, 0) is 36.1 Å². The van der Waals surface area contributed by atoms with E-state index >= 15 is 0 Å². The Balaban J connectivity index is 2.45. The van der Waals surface area contributed by atoms with E-state index in [1.54, 1.807) is 0 Å². The van der Waals surface area contributed by atoms with E-state index in [0.717, 1.165) is 18.4 Å². The number of hydrogen-bond donors (Lipinski definition) is 2. The Labute approximate surface area is 82.3 Å². The minimum Gasteiger partial charge on any atom is -0.391 e. The molecule has 1 aliphatic rings. The van der Waals surface area contributed by atoms with Gasteiger partial charge in [0, 0.05) is 5.02 Å². The molecule has 1 aromatic carbocycles. The van der Waals surface area contributed by atoms with Gasteiger partial charge >= 0.3 is 0 Å². The smallest absolute Gasteiger partial charge is 0.0736 e. The maximum absolute atomic E-state index is 9.55. The Morgan fingerprint density at radius 3 is 3.00 bits per heavy atom. The SMILES string of the molecule is N[C@H]1c2cc(Cl)ccc2CC[C@@H]1O. The van der Waals surface area contributed by atoms with Crippen LogP contribution < -0.4 is 5.73 Å². The lowest BCUT2D eigenvalue weighted by Crippen LogP contribution is -2.31. The van der Waals surface area contributed by atoms with Gasteiger partial charge in [-0.2, -0.15) is 0 Å². The van der Waals surface area contributed by atoms with E-state index in [4.69, 9.17) is 17.3 Å². The zero-order valence-electron chi connectivity index (χ0n) is 7.20. The highest BCUT2D eigenvalue weighted by atomic mass is 35.5. The standard InChI is InChI=1S/C10H12ClNO/c11-7-3-1-6-2-4-9(13)10(12)8(6)5-7/h1,3,5,9-10,13H,2,4,12H2/t9-,10-/m0/s1. The first-order valence-electron chi connectivity index (χ1n) is 4.40. The molecule has 13 heavy (non-hydrogen) atoms. The number of rotatable bonds is 0. The summed E-state index contributed by atoms with van der Waals surface area (Å²) in [6.45, 7) is 0. The normalized spacial score (nSPS) is 27.0. The van der Waals surface area contributed by atoms with Crippen LogP contribution in [-0.4, -0.2) is 11.2 Å². The van der Waals surface area contributed by atoms with Crippen LogP contribution in [-0.2, 0) is 6.42 Å². The molecule has 0 radical (unpaired) electrons. The molecule has 3 N–H and O–H groups in total. The van der Waals surface area contributed by atoms with Crippen molar-refractivity contribution in [2.24, 2.45) is 5.73 Å². The van der Waals surface area contributed by atoms with Gasteiger partial charge in [-0.15, -0.1) is 0 Å². The molecule has 1 aliphatic carbocycles. The summed E-state index contributed by atoms with van der Waals surface area (Å²) in [6, 6.07) is 5.43. The summed E-state index contributed by atoms with van der Waals surface area (Å²) in [5.41, 5.74) is 8.05. The summed E-state index contributed by atoms with van der Waals surface area (Å²) in [5, 5.41) is 10.2. The van der Waals surface area contributed by atoms with E-state index < -0.39 is 6.10 Å². The third kappa shape index (κ3) is 1.57. The van der Waals surface area contributed by atoms with E-state index in [1.807, 2.05) is 18.2 Å². The van der Waals surface area contributed by atoms with Crippen LogP contribution in [0.15, 0.2) is 18.2 Å². The molecular formula is C10H12ClNO. The molecule has 0 bridgehead atoms. The molecular weight excluding hydrogens is 186 g/mol. The Hall–Kier alpha value is -0.570. The minimum atomic E-state index is -0.425. The first kappa shape index (κ1) is 9.00. The summed E-state index contributed by atoms with van der Waals surface area (Å²) in [5.74, 6) is 0. The topological polar surface area (TPSA) is 46.2 Å². The second-order valence-electron chi connectivity index (χ2n) is 3.47. The van der Waals surface area contributed by atoms with Crippen molar-refractivity contribution in [1.29, 1.82) is 0 Å². The number of nitrogens with two attached hydrogens (primary N) is 1. The summed E-state index contributed by atoms with van der Waals surface area (Å²) in [4.78, 5) is 0. The van der Waals surface area contributed by atoms with Crippen molar-refractivity contribution in [3.63, 3.8) is 0 Å². The van der Waals surface area contributed by atoms with Gasteiger partial charge in [0.05, 0.1) is 12.1 Å². The second-order valence-corrected chi connectivity index (χ2v) is 3.91. The van der Waals surface area contributed by atoms with Crippen LogP contribution in [0.1, 0.15) is 23.6 Å². The zero-order chi connectivity index (χ0) is 9.42. The van der Waals surface area contributed by atoms with E-state index in [2.05, 4.69) is 0 Å². The van der Waals surface area contributed by atoms with Crippen LogP contribution in [0.4, 0.5) is 0 Å². The molecule has 3 heteroatoms. The van der Waals surface area contributed by atoms with Gasteiger partial charge in [0.2, 0.25) is 0 Å². The van der Waals surface area contributed by atoms with Crippen molar-refractivity contribution in [1.82, 2.24) is 0 Å². The van der Waals surface area contributed by atoms with Crippen molar-refractivity contribution < 1.29 is 5.11 Å². The summed E-state index contributed by atoms with van der Waals surface area (Å²) >= 11 is 5.85. The zero-order valence-corrected chi connectivity index (χ0v) is 7.96. The predicted octanol–water partition coefficient (Wildman–Crippen LogP) is 1.65. The average Bonchev–Trinajstić information content (AvgIpc) is 2.12. The molecule has 0 unspecified atom stereocenters. The molecule has 0 saturated heterocycles. The lowest BCUT2D eigenvalue weighted by Gasteiger charge is -2.27. The van der Waals surface area contributed by atoms with Crippen molar-refractivity contribution in [2.75, 3.05) is 0 Å². The van der Waals surface area contributed by atoms with Gasteiger partial charge in [-0.25, -0.2) is 0 Å². The van der Waals surface area contributed by atoms with Crippen molar-refractivity contribution in [2.45, 2.75) is 25.0 Å². The Morgan fingerprint density at radius 1 is 1.46 bits per heavy atom. The van der Waals surface area contributed by atoms with Crippen LogP contribution in [0.5, 0.6) is 0 Å². The molecule has 0 saturated carbocycles. The Bertz CT molecular complexity index is 327. The fraction of sp³-hybridized carbons (Fsp3) is 0.400. The summed E-state index contributed by atoms with van der Waals surface area (Å²) in [7, 11) is 0. The molecule has 2 rings (SSSR count). The van der Waals surface area contributed by atoms with E-state index in [0.29, 0.717) is 5.02 Å². The number of hydrogen-bond acceptors (Lipinski definition) is 2. The summed E-state index contributed by atoms with van der Waals surface area (Å²) in [6.07, 6.45) is 1.21. The first-order valence-corrected chi connectivity index (χ1v) is 4.78. The van der Waals surface area contributed by atoms with E-state index in [-0.39, 0.29) is 6.04 Å². The third-order valence-corrected chi connectivity index (χ3v) is 2.83. The largest absolute Gasteiger partial charge is 0.391 e. The number of benzene rings is 1. The van der Waals surface area contributed by atoms with Gasteiger partial charge in [-0.1, -0.05) is 17.7 Å². The van der Waals surface area contributed by atoms with Crippen LogP contribution in [0.3, 0.4) is 0 Å². The van der Waals surface area contributed by atoms with Gasteiger partial charge in [-0.3, -0.25) is 0 Å². The Kier molecular flexibility index (Phi) is 2.28. The van der Waals surface area contributed by atoms with Crippen molar-refractivity contribution >= 4 is 11.6 Å². The molecule has 0 amide bonds. The fourth-order valence-electron chi connectivity index (χ4n) is 1.79. The van der Waals surface area contributed by atoms with Crippen LogP contribution >= 0.6 is 11.6 Å². The number of aryl methyl sites for hydroxylation is 1. The van der Waals surface area contributed by atoms with Gasteiger partial charge in [0.25, 0.3) is 0 Å². The van der Waals surface area contributed by atoms with Crippen molar-refractivity contribution in [3.8, 4) is 0 Å². The molecule has 0 fully saturated rings. The third-order valence-electron chi connectivity index (χ3n) is 2.59. The Morgan fingerprint density at radius 2 is 2.23 bits per heavy atom. The minimum absolute atomic E-state index is 0.276. The lowest BCUT2D eigenvalue weighted by molar-refractivity contribution is 0.128. The maximum Gasteiger partial charge on any atom is 0.0736 e. The highest BCUT2D eigenvalue weighted by Gasteiger charge is 2.24. The fourth-order valence-corrected chi connectivity index (χ4v) is 1.97. The highest BCUT2D eigenvalue weighted by Crippen LogP contribution is 2.30. The first-order chi connectivity index (χ1) is 6.18. The molecule has 2 atom stereocenters. The summed E-state index contributed by atoms with van der Waals surface area (Å²) < 4.78 is 0. The molecule has 70 valence electrons. The van der Waals surface area contributed by atoms with Gasteiger partial charge in [0.1, 0.15) is 0 Å². The van der Waals surface area contributed by atoms with Crippen molar-refractivity contribution in [3.05, 3.63) is 34.3 Å².